The van der Waals surface area contributed by atoms with E-state index in [2.05, 4.69) is 0 Å². The van der Waals surface area contributed by atoms with E-state index in [1.807, 2.05) is 0 Å². The Morgan fingerprint density at radius 1 is 1.27 bits per heavy atom. The molecule has 1 N–H and O–H groups in total. The van der Waals surface area contributed by atoms with Gasteiger partial charge in [-0.3, -0.25) is 9.59 Å². The Bertz CT molecular complexity index is 510. The first-order valence-electron chi connectivity index (χ1n) is 7.04. The maximum atomic E-state index is 11.7. The van der Waals surface area contributed by atoms with Gasteiger partial charge in [-0.15, -0.1) is 0 Å². The van der Waals surface area contributed by atoms with Crippen molar-refractivity contribution >= 4 is 23.4 Å². The van der Waals surface area contributed by atoms with Crippen molar-refractivity contribution in [3.05, 3.63) is 29.3 Å². The number of carbonyl (C=O) groups is 2. The molecule has 1 unspecified atom stereocenters. The summed E-state index contributed by atoms with van der Waals surface area (Å²) in [5.41, 5.74) is -0.988. The molecule has 0 bridgehead atoms. The lowest BCUT2D eigenvalue weighted by molar-refractivity contribution is -0.146. The molecule has 0 amide bonds. The number of carbonyl (C=O) groups excluding carboxylic acids is 2. The molecule has 0 aliphatic rings. The zero-order chi connectivity index (χ0) is 16.8. The first kappa shape index (κ1) is 18.5. The van der Waals surface area contributed by atoms with Gasteiger partial charge in [0, 0.05) is 11.4 Å². The quantitative estimate of drug-likeness (QED) is 0.587. The van der Waals surface area contributed by atoms with Gasteiger partial charge in [0.15, 0.2) is 0 Å². The largest absolute Gasteiger partial charge is 0.485 e. The van der Waals surface area contributed by atoms with Gasteiger partial charge in [0.2, 0.25) is 0 Å². The number of hydrogen-bond donors (Lipinski definition) is 1. The van der Waals surface area contributed by atoms with Crippen molar-refractivity contribution in [2.45, 2.75) is 45.3 Å². The van der Waals surface area contributed by atoms with Gasteiger partial charge in [0.25, 0.3) is 0 Å². The average Bonchev–Trinajstić information content (AvgIpc) is 2.41. The van der Waals surface area contributed by atoms with Crippen LogP contribution < -0.4 is 4.74 Å². The molecule has 0 aliphatic carbocycles. The minimum atomic E-state index is -1.05. The second-order valence-corrected chi connectivity index (χ2v) is 5.84. The van der Waals surface area contributed by atoms with Crippen molar-refractivity contribution in [3.8, 4) is 5.75 Å². The number of hydrogen-bond acceptors (Lipinski definition) is 5. The average molecular weight is 329 g/mol. The number of aliphatic hydroxyl groups is 1. The molecule has 0 heterocycles. The standard InChI is InChI=1S/C16H21ClO5/c1-4-21-15(20)10-12(18)9-14(19)16(2,3)22-13-7-5-11(17)6-8-13/h5-8,14,19H,4,9-10H2,1-3H3. The lowest BCUT2D eigenvalue weighted by Gasteiger charge is -2.31. The summed E-state index contributed by atoms with van der Waals surface area (Å²) >= 11 is 5.80. The van der Waals surface area contributed by atoms with Gasteiger partial charge >= 0.3 is 5.97 Å². The second kappa shape index (κ2) is 8.15. The Hall–Kier alpha value is -1.59. The van der Waals surface area contributed by atoms with E-state index in [4.69, 9.17) is 21.1 Å². The zero-order valence-corrected chi connectivity index (χ0v) is 13.7. The molecule has 0 saturated heterocycles. The Labute approximate surface area is 135 Å². The minimum absolute atomic E-state index is 0.181. The monoisotopic (exact) mass is 328 g/mol. The number of halogens is 1. The summed E-state index contributed by atoms with van der Waals surface area (Å²) in [4.78, 5) is 23.0. The number of esters is 1. The molecule has 22 heavy (non-hydrogen) atoms. The van der Waals surface area contributed by atoms with Crippen molar-refractivity contribution < 1.29 is 24.2 Å². The maximum absolute atomic E-state index is 11.7. The fourth-order valence-electron chi connectivity index (χ4n) is 1.78. The predicted octanol–water partition coefficient (Wildman–Crippen LogP) is 2.77. The minimum Gasteiger partial charge on any atom is -0.485 e. The van der Waals surface area contributed by atoms with Crippen LogP contribution in [0.4, 0.5) is 0 Å². The molecule has 1 atom stereocenters. The molecule has 1 aromatic carbocycles. The molecular formula is C16H21ClO5. The van der Waals surface area contributed by atoms with Crippen LogP contribution in [0.2, 0.25) is 5.02 Å². The number of ether oxygens (including phenoxy) is 2. The summed E-state index contributed by atoms with van der Waals surface area (Å²) in [6, 6.07) is 6.70. The number of rotatable bonds is 8. The lowest BCUT2D eigenvalue weighted by Crippen LogP contribution is -2.43. The smallest absolute Gasteiger partial charge is 0.313 e. The molecule has 0 aromatic heterocycles. The van der Waals surface area contributed by atoms with Gasteiger partial charge in [-0.25, -0.2) is 0 Å². The molecule has 0 saturated carbocycles. The van der Waals surface area contributed by atoms with E-state index < -0.39 is 23.5 Å². The molecule has 0 fully saturated rings. The number of Topliss-reactive ketones (excluding diaryl/α,β-unsaturated/α-hetero) is 1. The second-order valence-electron chi connectivity index (χ2n) is 5.40. The summed E-state index contributed by atoms with van der Waals surface area (Å²) in [5, 5.41) is 10.8. The topological polar surface area (TPSA) is 72.8 Å². The van der Waals surface area contributed by atoms with E-state index in [1.165, 1.54) is 0 Å². The molecule has 122 valence electrons. The Balaban J connectivity index is 2.58. The third kappa shape index (κ3) is 6.03. The molecule has 5 nitrogen and oxygen atoms in total. The van der Waals surface area contributed by atoms with E-state index >= 15 is 0 Å². The maximum Gasteiger partial charge on any atom is 0.313 e. The molecule has 1 aromatic rings. The molecular weight excluding hydrogens is 308 g/mol. The molecule has 0 aliphatic heterocycles. The normalized spacial score (nSPS) is 12.6. The molecule has 6 heteroatoms. The van der Waals surface area contributed by atoms with Gasteiger partial charge in [-0.2, -0.15) is 0 Å². The van der Waals surface area contributed by atoms with E-state index in [1.54, 1.807) is 45.0 Å². The number of aliphatic hydroxyl groups excluding tert-OH is 1. The summed E-state index contributed by atoms with van der Waals surface area (Å²) in [6.07, 6.45) is -1.58. The van der Waals surface area contributed by atoms with Gasteiger partial charge in [-0.1, -0.05) is 11.6 Å². The van der Waals surface area contributed by atoms with Crippen LogP contribution >= 0.6 is 11.6 Å². The molecule has 0 radical (unpaired) electrons. The third-order valence-corrected chi connectivity index (χ3v) is 3.32. The first-order chi connectivity index (χ1) is 10.2. The van der Waals surface area contributed by atoms with Gasteiger partial charge in [0.1, 0.15) is 23.6 Å². The van der Waals surface area contributed by atoms with E-state index in [0.717, 1.165) is 0 Å². The van der Waals surface area contributed by atoms with Crippen LogP contribution in [0.1, 0.15) is 33.6 Å². The summed E-state index contributed by atoms with van der Waals surface area (Å²) in [5.74, 6) is -0.443. The SMILES string of the molecule is CCOC(=O)CC(=O)CC(O)C(C)(C)Oc1ccc(Cl)cc1. The number of benzene rings is 1. The van der Waals surface area contributed by atoms with E-state index in [0.29, 0.717) is 10.8 Å². The number of ketones is 1. The third-order valence-electron chi connectivity index (χ3n) is 3.06. The van der Waals surface area contributed by atoms with Crippen LogP contribution in [-0.4, -0.2) is 35.2 Å². The summed E-state index contributed by atoms with van der Waals surface area (Å²) in [7, 11) is 0. The highest BCUT2D eigenvalue weighted by Crippen LogP contribution is 2.24. The van der Waals surface area contributed by atoms with E-state index in [9.17, 15) is 14.7 Å². The van der Waals surface area contributed by atoms with Crippen molar-refractivity contribution in [3.63, 3.8) is 0 Å². The van der Waals surface area contributed by atoms with Crippen LogP contribution in [0, 0.1) is 0 Å². The zero-order valence-electron chi connectivity index (χ0n) is 13.0. The Morgan fingerprint density at radius 2 is 1.86 bits per heavy atom. The van der Waals surface area contributed by atoms with Crippen LogP contribution in [0.3, 0.4) is 0 Å². The van der Waals surface area contributed by atoms with Crippen molar-refractivity contribution in [2.75, 3.05) is 6.61 Å². The summed E-state index contributed by atoms with van der Waals surface area (Å²) in [6.45, 7) is 5.23. The molecule has 0 spiro atoms. The van der Waals surface area contributed by atoms with Crippen LogP contribution in [0.25, 0.3) is 0 Å². The molecule has 1 rings (SSSR count). The van der Waals surface area contributed by atoms with Crippen molar-refractivity contribution in [2.24, 2.45) is 0 Å². The first-order valence-corrected chi connectivity index (χ1v) is 7.42. The van der Waals surface area contributed by atoms with Gasteiger partial charge < -0.3 is 14.6 Å². The fraction of sp³-hybridized carbons (Fsp3) is 0.500. The van der Waals surface area contributed by atoms with Crippen molar-refractivity contribution in [1.82, 2.24) is 0 Å². The van der Waals surface area contributed by atoms with Crippen LogP contribution in [-0.2, 0) is 14.3 Å². The van der Waals surface area contributed by atoms with Crippen LogP contribution in [0.5, 0.6) is 5.75 Å². The fourth-order valence-corrected chi connectivity index (χ4v) is 1.91. The van der Waals surface area contributed by atoms with Gasteiger partial charge in [0.05, 0.1) is 12.7 Å². The summed E-state index contributed by atoms with van der Waals surface area (Å²) < 4.78 is 10.4. The van der Waals surface area contributed by atoms with Crippen molar-refractivity contribution in [1.29, 1.82) is 0 Å². The highest BCUT2D eigenvalue weighted by molar-refractivity contribution is 6.30. The lowest BCUT2D eigenvalue weighted by atomic mass is 9.95. The predicted molar refractivity (Wildman–Crippen MR) is 83.0 cm³/mol. The van der Waals surface area contributed by atoms with Gasteiger partial charge in [-0.05, 0) is 45.0 Å². The van der Waals surface area contributed by atoms with Crippen LogP contribution in [0.15, 0.2) is 24.3 Å². The Kier molecular flexibility index (Phi) is 6.84. The highest BCUT2D eigenvalue weighted by atomic mass is 35.5. The highest BCUT2D eigenvalue weighted by Gasteiger charge is 2.32. The van der Waals surface area contributed by atoms with E-state index in [-0.39, 0.29) is 19.4 Å². The Morgan fingerprint density at radius 3 is 2.41 bits per heavy atom.